The lowest BCUT2D eigenvalue weighted by molar-refractivity contribution is -0.119. The molecule has 1 heterocycles. The summed E-state index contributed by atoms with van der Waals surface area (Å²) in [6, 6.07) is 3.66. The number of carbonyl (C=O) groups is 2. The van der Waals surface area contributed by atoms with E-state index in [4.69, 9.17) is 9.47 Å². The Kier molecular flexibility index (Phi) is 3.40. The average Bonchev–Trinajstić information content (AvgIpc) is 2.60. The van der Waals surface area contributed by atoms with Crippen molar-refractivity contribution in [3.63, 3.8) is 0 Å². The van der Waals surface area contributed by atoms with E-state index >= 15 is 0 Å². The van der Waals surface area contributed by atoms with Crippen molar-refractivity contribution < 1.29 is 23.5 Å². The van der Waals surface area contributed by atoms with Crippen LogP contribution in [-0.4, -0.2) is 38.7 Å². The molecule has 0 bridgehead atoms. The molecule has 0 spiro atoms. The molecule has 18 heavy (non-hydrogen) atoms. The van der Waals surface area contributed by atoms with Gasteiger partial charge >= 0.3 is 0 Å². The van der Waals surface area contributed by atoms with Crippen LogP contribution in [0, 0.1) is 5.82 Å². The van der Waals surface area contributed by atoms with E-state index in [1.54, 1.807) is 0 Å². The summed E-state index contributed by atoms with van der Waals surface area (Å²) in [5, 5.41) is 0. The predicted molar refractivity (Wildman–Crippen MR) is 60.9 cm³/mol. The molecule has 0 aliphatic carbocycles. The molecule has 0 radical (unpaired) electrons. The van der Waals surface area contributed by atoms with Gasteiger partial charge in [0.05, 0.1) is 17.8 Å². The van der Waals surface area contributed by atoms with E-state index < -0.39 is 23.8 Å². The maximum atomic E-state index is 13.1. The Bertz CT molecular complexity index is 499. The predicted octanol–water partition coefficient (Wildman–Crippen LogP) is 0.974. The van der Waals surface area contributed by atoms with Gasteiger partial charge in [-0.2, -0.15) is 0 Å². The van der Waals surface area contributed by atoms with Crippen molar-refractivity contribution >= 4 is 17.4 Å². The molecule has 6 heteroatoms. The summed E-state index contributed by atoms with van der Waals surface area (Å²) >= 11 is 0. The number of Topliss-reactive ketones (excluding diaryl/α,β-unsaturated/α-hetero) is 1. The van der Waals surface area contributed by atoms with Gasteiger partial charge < -0.3 is 9.47 Å². The Morgan fingerprint density at radius 2 is 1.94 bits per heavy atom. The fraction of sp³-hybridized carbons (Fsp3) is 0.333. The molecule has 1 aliphatic heterocycles. The number of carbonyl (C=O) groups excluding carboxylic acids is 2. The lowest BCUT2D eigenvalue weighted by Crippen LogP contribution is -2.38. The summed E-state index contributed by atoms with van der Waals surface area (Å²) in [7, 11) is 2.87. The molecule has 5 nitrogen and oxygen atoms in total. The highest BCUT2D eigenvalue weighted by Gasteiger charge is 2.37. The highest BCUT2D eigenvalue weighted by atomic mass is 19.1. The Hall–Kier alpha value is -1.79. The number of fused-ring (bicyclic) bond motifs is 1. The summed E-state index contributed by atoms with van der Waals surface area (Å²) in [5.41, 5.74) is 0.455. The van der Waals surface area contributed by atoms with Crippen LogP contribution < -0.4 is 4.90 Å². The molecular weight excluding hydrogens is 241 g/mol. The van der Waals surface area contributed by atoms with Gasteiger partial charge in [-0.1, -0.05) is 0 Å². The normalized spacial score (nSPS) is 14.6. The van der Waals surface area contributed by atoms with Crippen LogP contribution in [0.1, 0.15) is 10.4 Å². The number of ketones is 1. The third-order valence-electron chi connectivity index (χ3n) is 2.79. The minimum Gasteiger partial charge on any atom is -0.354 e. The third kappa shape index (κ3) is 2.00. The van der Waals surface area contributed by atoms with Gasteiger partial charge in [0.15, 0.2) is 6.29 Å². The standard InChI is InChI=1S/C12H12FNO4/c1-17-10(18-2)6-14-9-4-3-7(13)5-8(9)11(15)12(14)16/h3-5,10H,6H2,1-2H3. The van der Waals surface area contributed by atoms with Gasteiger partial charge in [0.1, 0.15) is 5.82 Å². The second-order valence-corrected chi connectivity index (χ2v) is 3.81. The number of halogens is 1. The zero-order valence-electron chi connectivity index (χ0n) is 9.97. The molecule has 96 valence electrons. The number of rotatable bonds is 4. The number of methoxy groups -OCH3 is 2. The summed E-state index contributed by atoms with van der Waals surface area (Å²) in [6.07, 6.45) is -0.641. The lowest BCUT2D eigenvalue weighted by Gasteiger charge is -2.21. The number of nitrogens with zero attached hydrogens (tertiary/aromatic N) is 1. The molecule has 0 saturated carbocycles. The third-order valence-corrected chi connectivity index (χ3v) is 2.79. The molecule has 0 unspecified atom stereocenters. The fourth-order valence-corrected chi connectivity index (χ4v) is 1.85. The van der Waals surface area contributed by atoms with Gasteiger partial charge in [-0.3, -0.25) is 14.5 Å². The van der Waals surface area contributed by atoms with Crippen LogP contribution in [0.3, 0.4) is 0 Å². The monoisotopic (exact) mass is 253 g/mol. The number of hydrogen-bond donors (Lipinski definition) is 0. The number of benzene rings is 1. The number of hydrogen-bond acceptors (Lipinski definition) is 4. The Labute approximate surface area is 103 Å². The van der Waals surface area contributed by atoms with Gasteiger partial charge in [-0.05, 0) is 18.2 Å². The van der Waals surface area contributed by atoms with Crippen molar-refractivity contribution in [3.8, 4) is 0 Å². The molecule has 1 aliphatic rings. The zero-order chi connectivity index (χ0) is 13.3. The zero-order valence-corrected chi connectivity index (χ0v) is 9.97. The van der Waals surface area contributed by atoms with Crippen molar-refractivity contribution in [3.05, 3.63) is 29.6 Å². The first kappa shape index (κ1) is 12.7. The van der Waals surface area contributed by atoms with Gasteiger partial charge in [-0.15, -0.1) is 0 Å². The number of amides is 1. The molecule has 0 saturated heterocycles. The maximum Gasteiger partial charge on any atom is 0.299 e. The van der Waals surface area contributed by atoms with Crippen LogP contribution in [0.2, 0.25) is 0 Å². The molecular formula is C12H12FNO4. The van der Waals surface area contributed by atoms with E-state index in [0.717, 1.165) is 6.07 Å². The van der Waals surface area contributed by atoms with Gasteiger partial charge in [0.2, 0.25) is 0 Å². The van der Waals surface area contributed by atoms with Crippen molar-refractivity contribution in [2.75, 3.05) is 25.7 Å². The summed E-state index contributed by atoms with van der Waals surface area (Å²) in [4.78, 5) is 24.7. The van der Waals surface area contributed by atoms with Gasteiger partial charge in [0, 0.05) is 14.2 Å². The SMILES string of the molecule is COC(CN1C(=O)C(=O)c2cc(F)ccc21)OC. The summed E-state index contributed by atoms with van der Waals surface area (Å²) in [6.45, 7) is 0.0796. The Balaban J connectivity index is 2.34. The molecule has 0 atom stereocenters. The summed E-state index contributed by atoms with van der Waals surface area (Å²) in [5.74, 6) is -1.96. The van der Waals surface area contributed by atoms with Crippen molar-refractivity contribution in [2.24, 2.45) is 0 Å². The largest absolute Gasteiger partial charge is 0.354 e. The number of ether oxygens (including phenoxy) is 2. The Morgan fingerprint density at radius 1 is 1.28 bits per heavy atom. The van der Waals surface area contributed by atoms with Gasteiger partial charge in [-0.25, -0.2) is 4.39 Å². The molecule has 1 aromatic rings. The van der Waals surface area contributed by atoms with E-state index in [1.165, 1.54) is 31.3 Å². The first-order valence-corrected chi connectivity index (χ1v) is 5.29. The fourth-order valence-electron chi connectivity index (χ4n) is 1.85. The van der Waals surface area contributed by atoms with Gasteiger partial charge in [0.25, 0.3) is 11.7 Å². The minimum absolute atomic E-state index is 0.0750. The molecule has 1 amide bonds. The first-order valence-electron chi connectivity index (χ1n) is 5.29. The molecule has 0 fully saturated rings. The van der Waals surface area contributed by atoms with Crippen molar-refractivity contribution in [2.45, 2.75) is 6.29 Å². The molecule has 0 N–H and O–H groups in total. The van der Waals surface area contributed by atoms with Crippen LogP contribution in [0.5, 0.6) is 0 Å². The number of anilines is 1. The van der Waals surface area contributed by atoms with E-state index in [-0.39, 0.29) is 12.1 Å². The first-order chi connectivity index (χ1) is 8.58. The Morgan fingerprint density at radius 3 is 2.56 bits per heavy atom. The van der Waals surface area contributed by atoms with E-state index in [2.05, 4.69) is 0 Å². The quantitative estimate of drug-likeness (QED) is 0.592. The highest BCUT2D eigenvalue weighted by Crippen LogP contribution is 2.29. The minimum atomic E-state index is -0.713. The summed E-state index contributed by atoms with van der Waals surface area (Å²) < 4.78 is 23.0. The highest BCUT2D eigenvalue weighted by molar-refractivity contribution is 6.52. The van der Waals surface area contributed by atoms with Crippen LogP contribution in [0.15, 0.2) is 18.2 Å². The van der Waals surface area contributed by atoms with E-state index in [9.17, 15) is 14.0 Å². The maximum absolute atomic E-state index is 13.1. The van der Waals surface area contributed by atoms with E-state index in [0.29, 0.717) is 5.69 Å². The molecule has 1 aromatic carbocycles. The van der Waals surface area contributed by atoms with Crippen LogP contribution in [0.4, 0.5) is 10.1 Å². The van der Waals surface area contributed by atoms with E-state index in [1.807, 2.05) is 0 Å². The molecule has 2 rings (SSSR count). The van der Waals surface area contributed by atoms with Crippen molar-refractivity contribution in [1.29, 1.82) is 0 Å². The van der Waals surface area contributed by atoms with Crippen LogP contribution in [-0.2, 0) is 14.3 Å². The lowest BCUT2D eigenvalue weighted by atomic mass is 10.1. The van der Waals surface area contributed by atoms with Crippen LogP contribution >= 0.6 is 0 Å². The second-order valence-electron chi connectivity index (χ2n) is 3.81. The second kappa shape index (κ2) is 4.83. The molecule has 0 aromatic heterocycles. The average molecular weight is 253 g/mol. The smallest absolute Gasteiger partial charge is 0.299 e. The van der Waals surface area contributed by atoms with Crippen molar-refractivity contribution in [1.82, 2.24) is 0 Å². The van der Waals surface area contributed by atoms with Crippen LogP contribution in [0.25, 0.3) is 0 Å². The topological polar surface area (TPSA) is 55.8 Å².